The smallest absolute Gasteiger partial charge is 0.324 e. The van der Waals surface area contributed by atoms with Crippen LogP contribution in [0.25, 0.3) is 16.5 Å². The summed E-state index contributed by atoms with van der Waals surface area (Å²) in [6.07, 6.45) is 0.561. The lowest BCUT2D eigenvalue weighted by Gasteiger charge is -2.14. The molecular formula is C26H28N4O2. The Hall–Kier alpha value is -3.64. The molecule has 32 heavy (non-hydrogen) atoms. The highest BCUT2D eigenvalue weighted by atomic mass is 16.3. The molecule has 164 valence electrons. The van der Waals surface area contributed by atoms with Crippen molar-refractivity contribution in [2.24, 2.45) is 0 Å². The molecule has 0 saturated carbocycles. The van der Waals surface area contributed by atoms with Gasteiger partial charge in [0.25, 0.3) is 0 Å². The Balaban J connectivity index is 1.66. The predicted octanol–water partition coefficient (Wildman–Crippen LogP) is 5.50. The summed E-state index contributed by atoms with van der Waals surface area (Å²) in [4.78, 5) is 12.9. The van der Waals surface area contributed by atoms with E-state index in [9.17, 15) is 9.90 Å². The number of carbonyl (C=O) groups excluding carboxylic acids is 1. The van der Waals surface area contributed by atoms with Crippen molar-refractivity contribution >= 4 is 28.3 Å². The molecule has 0 saturated heterocycles. The second-order valence-electron chi connectivity index (χ2n) is 8.83. The number of aliphatic hydroxyl groups is 1. The number of benzene rings is 3. The molecule has 6 heteroatoms. The molecule has 0 fully saturated rings. The van der Waals surface area contributed by atoms with E-state index in [1.54, 1.807) is 4.68 Å². The van der Waals surface area contributed by atoms with Gasteiger partial charge in [0.1, 0.15) is 5.82 Å². The van der Waals surface area contributed by atoms with Crippen LogP contribution in [0.1, 0.15) is 32.0 Å². The third-order valence-corrected chi connectivity index (χ3v) is 5.31. The van der Waals surface area contributed by atoms with E-state index in [1.807, 2.05) is 72.8 Å². The maximum Gasteiger partial charge on any atom is 0.324 e. The van der Waals surface area contributed by atoms with E-state index >= 15 is 0 Å². The Morgan fingerprint density at radius 3 is 2.50 bits per heavy atom. The first-order valence-electron chi connectivity index (χ1n) is 10.7. The Labute approximate surface area is 187 Å². The Morgan fingerprint density at radius 1 is 0.969 bits per heavy atom. The van der Waals surface area contributed by atoms with Crippen LogP contribution in [0, 0.1) is 0 Å². The van der Waals surface area contributed by atoms with Gasteiger partial charge in [-0.2, -0.15) is 5.10 Å². The lowest BCUT2D eigenvalue weighted by atomic mass is 9.92. The fraction of sp³-hybridized carbons (Fsp3) is 0.231. The van der Waals surface area contributed by atoms with Gasteiger partial charge in [-0.15, -0.1) is 0 Å². The molecule has 3 aromatic carbocycles. The molecule has 0 unspecified atom stereocenters. The van der Waals surface area contributed by atoms with Crippen molar-refractivity contribution in [3.05, 3.63) is 84.1 Å². The highest BCUT2D eigenvalue weighted by Crippen LogP contribution is 2.27. The van der Waals surface area contributed by atoms with Gasteiger partial charge in [-0.3, -0.25) is 5.32 Å². The number of urea groups is 1. The number of nitrogens with zero attached hydrogens (tertiary/aromatic N) is 2. The van der Waals surface area contributed by atoms with Crippen LogP contribution < -0.4 is 10.6 Å². The molecule has 0 atom stereocenters. The summed E-state index contributed by atoms with van der Waals surface area (Å²) < 4.78 is 1.74. The molecule has 1 heterocycles. The molecule has 0 bridgehead atoms. The number of nitrogens with one attached hydrogen (secondary N) is 2. The van der Waals surface area contributed by atoms with Crippen LogP contribution in [-0.2, 0) is 11.8 Å². The normalized spacial score (nSPS) is 11.5. The summed E-state index contributed by atoms with van der Waals surface area (Å²) in [5, 5.41) is 22.0. The van der Waals surface area contributed by atoms with Gasteiger partial charge in [0, 0.05) is 23.5 Å². The molecule has 1 aromatic heterocycles. The molecular weight excluding hydrogens is 400 g/mol. The van der Waals surface area contributed by atoms with E-state index in [0.29, 0.717) is 12.2 Å². The standard InChI is InChI=1S/C26H28N4O2/c1-26(2,3)23-17-24(30(29-23)20-11-6-8-18(16-20)14-15-31)28-25(32)27-22-13-7-10-19-9-4-5-12-21(19)22/h4-13,16-17,31H,14-15H2,1-3H3,(H2,27,28,32). The number of rotatable bonds is 5. The lowest BCUT2D eigenvalue weighted by molar-refractivity contribution is 0.262. The second kappa shape index (κ2) is 8.85. The maximum absolute atomic E-state index is 12.9. The fourth-order valence-electron chi connectivity index (χ4n) is 3.61. The van der Waals surface area contributed by atoms with Crippen LogP contribution in [0.5, 0.6) is 0 Å². The highest BCUT2D eigenvalue weighted by Gasteiger charge is 2.22. The number of hydrogen-bond acceptors (Lipinski definition) is 3. The average molecular weight is 429 g/mol. The number of carbonyl (C=O) groups is 1. The molecule has 0 aliphatic heterocycles. The third-order valence-electron chi connectivity index (χ3n) is 5.31. The Bertz CT molecular complexity index is 1250. The highest BCUT2D eigenvalue weighted by molar-refractivity contribution is 6.06. The zero-order chi connectivity index (χ0) is 22.7. The molecule has 4 rings (SSSR count). The largest absolute Gasteiger partial charge is 0.396 e. The number of aliphatic hydroxyl groups excluding tert-OH is 1. The van der Waals surface area contributed by atoms with E-state index in [0.717, 1.165) is 33.4 Å². The van der Waals surface area contributed by atoms with Crippen molar-refractivity contribution in [1.82, 2.24) is 9.78 Å². The number of amides is 2. The molecule has 3 N–H and O–H groups in total. The topological polar surface area (TPSA) is 79.2 Å². The van der Waals surface area contributed by atoms with Gasteiger partial charge in [0.2, 0.25) is 0 Å². The predicted molar refractivity (Wildman–Crippen MR) is 130 cm³/mol. The number of anilines is 2. The molecule has 0 radical (unpaired) electrons. The van der Waals surface area contributed by atoms with Crippen LogP contribution in [0.2, 0.25) is 0 Å². The maximum atomic E-state index is 12.9. The van der Waals surface area contributed by atoms with Crippen molar-refractivity contribution in [3.8, 4) is 5.69 Å². The van der Waals surface area contributed by atoms with Gasteiger partial charge < -0.3 is 10.4 Å². The molecule has 0 spiro atoms. The number of fused-ring (bicyclic) bond motifs is 1. The van der Waals surface area contributed by atoms with Crippen molar-refractivity contribution < 1.29 is 9.90 Å². The zero-order valence-electron chi connectivity index (χ0n) is 18.6. The quantitative estimate of drug-likeness (QED) is 0.393. The minimum Gasteiger partial charge on any atom is -0.396 e. The average Bonchev–Trinajstić information content (AvgIpc) is 3.19. The van der Waals surface area contributed by atoms with Gasteiger partial charge in [0.05, 0.1) is 17.1 Å². The first kappa shape index (κ1) is 21.6. The van der Waals surface area contributed by atoms with E-state index < -0.39 is 0 Å². The summed E-state index contributed by atoms with van der Waals surface area (Å²) in [6, 6.07) is 23.1. The van der Waals surface area contributed by atoms with E-state index in [-0.39, 0.29) is 18.1 Å². The SMILES string of the molecule is CC(C)(C)c1cc(NC(=O)Nc2cccc3ccccc23)n(-c2cccc(CCO)c2)n1. The van der Waals surface area contributed by atoms with Gasteiger partial charge in [-0.1, -0.05) is 69.3 Å². The number of aromatic nitrogens is 2. The van der Waals surface area contributed by atoms with Gasteiger partial charge in [-0.05, 0) is 35.6 Å². The monoisotopic (exact) mass is 428 g/mol. The van der Waals surface area contributed by atoms with Crippen molar-refractivity contribution in [3.63, 3.8) is 0 Å². The van der Waals surface area contributed by atoms with Crippen LogP contribution in [0.4, 0.5) is 16.3 Å². The molecule has 2 amide bonds. The van der Waals surface area contributed by atoms with Gasteiger partial charge in [-0.25, -0.2) is 9.48 Å². The van der Waals surface area contributed by atoms with E-state index in [1.165, 1.54) is 0 Å². The minimum atomic E-state index is -0.338. The van der Waals surface area contributed by atoms with Crippen LogP contribution in [-0.4, -0.2) is 27.5 Å². The second-order valence-corrected chi connectivity index (χ2v) is 8.83. The molecule has 0 aliphatic rings. The summed E-state index contributed by atoms with van der Waals surface area (Å²) in [7, 11) is 0. The van der Waals surface area contributed by atoms with E-state index in [4.69, 9.17) is 5.10 Å². The zero-order valence-corrected chi connectivity index (χ0v) is 18.6. The van der Waals surface area contributed by atoms with Crippen LogP contribution in [0.3, 0.4) is 0 Å². The van der Waals surface area contributed by atoms with Gasteiger partial charge >= 0.3 is 6.03 Å². The summed E-state index contributed by atoms with van der Waals surface area (Å²) in [5.74, 6) is 0.578. The van der Waals surface area contributed by atoms with Crippen molar-refractivity contribution in [1.29, 1.82) is 0 Å². The van der Waals surface area contributed by atoms with Crippen molar-refractivity contribution in [2.45, 2.75) is 32.6 Å². The molecule has 6 nitrogen and oxygen atoms in total. The summed E-state index contributed by atoms with van der Waals surface area (Å²) in [5.41, 5.74) is 3.25. The summed E-state index contributed by atoms with van der Waals surface area (Å²) in [6.45, 7) is 6.33. The molecule has 0 aliphatic carbocycles. The van der Waals surface area contributed by atoms with E-state index in [2.05, 4.69) is 31.4 Å². The Kier molecular flexibility index (Phi) is 5.97. The van der Waals surface area contributed by atoms with Gasteiger partial charge in [0.15, 0.2) is 0 Å². The lowest BCUT2D eigenvalue weighted by Crippen LogP contribution is -2.21. The third kappa shape index (κ3) is 4.65. The first-order valence-corrected chi connectivity index (χ1v) is 10.7. The first-order chi connectivity index (χ1) is 15.3. The van der Waals surface area contributed by atoms with Crippen LogP contribution in [0.15, 0.2) is 72.8 Å². The Morgan fingerprint density at radius 2 is 1.72 bits per heavy atom. The molecule has 4 aromatic rings. The number of hydrogen-bond donors (Lipinski definition) is 3. The van der Waals surface area contributed by atoms with Crippen LogP contribution >= 0.6 is 0 Å². The summed E-state index contributed by atoms with van der Waals surface area (Å²) >= 11 is 0. The fourth-order valence-corrected chi connectivity index (χ4v) is 3.61. The van der Waals surface area contributed by atoms with Crippen molar-refractivity contribution in [2.75, 3.05) is 17.2 Å². The minimum absolute atomic E-state index is 0.0777.